The molecule has 0 aliphatic heterocycles. The summed E-state index contributed by atoms with van der Waals surface area (Å²) in [5.74, 6) is 0. The van der Waals surface area contributed by atoms with Gasteiger partial charge in [-0.2, -0.15) is 4.74 Å². The first-order valence-corrected chi connectivity index (χ1v) is 5.08. The molecule has 86 valence electrons. The zero-order valence-electron chi connectivity index (χ0n) is 8.26. The van der Waals surface area contributed by atoms with E-state index in [9.17, 15) is 9.90 Å². The molecule has 0 fully saturated rings. The van der Waals surface area contributed by atoms with Crippen LogP contribution in [0.15, 0.2) is 27.5 Å². The van der Waals surface area contributed by atoms with E-state index in [4.69, 9.17) is 21.2 Å². The largest absolute Gasteiger partial charge is 0.394 e. The molecule has 0 aliphatic rings. The Morgan fingerprint density at radius 1 is 1.50 bits per heavy atom. The monoisotopic (exact) mass is 243 g/mol. The third-order valence-electron chi connectivity index (χ3n) is 2.19. The molecule has 2 N–H and O–H groups in total. The van der Waals surface area contributed by atoms with E-state index in [0.717, 1.165) is 4.74 Å². The molecule has 0 saturated carbocycles. The summed E-state index contributed by atoms with van der Waals surface area (Å²) in [4.78, 5) is 11.7. The Bertz CT molecular complexity index is 559. The van der Waals surface area contributed by atoms with Gasteiger partial charge in [0.05, 0.1) is 24.6 Å². The molecule has 0 amide bonds. The number of fused-ring (bicyclic) bond motifs is 1. The maximum absolute atomic E-state index is 11.7. The fourth-order valence-corrected chi connectivity index (χ4v) is 1.58. The summed E-state index contributed by atoms with van der Waals surface area (Å²) in [7, 11) is 0. The van der Waals surface area contributed by atoms with Crippen LogP contribution in [0, 0.1) is 0 Å². The fourth-order valence-electron chi connectivity index (χ4n) is 1.41. The molecule has 0 aliphatic carbocycles. The van der Waals surface area contributed by atoms with Crippen molar-refractivity contribution >= 4 is 22.6 Å². The van der Waals surface area contributed by atoms with Crippen molar-refractivity contribution < 1.29 is 14.7 Å². The second kappa shape index (κ2) is 4.29. The van der Waals surface area contributed by atoms with Crippen molar-refractivity contribution in [2.45, 2.75) is 12.6 Å². The maximum atomic E-state index is 11.7. The third kappa shape index (κ3) is 1.97. The SMILES string of the molecule is O=c1c2cc(Cl)ccc2on1CC(O)CO. The highest BCUT2D eigenvalue weighted by Gasteiger charge is 2.12. The van der Waals surface area contributed by atoms with Crippen LogP contribution in [0.5, 0.6) is 0 Å². The van der Waals surface area contributed by atoms with Gasteiger partial charge in [-0.25, -0.2) is 0 Å². The smallest absolute Gasteiger partial charge is 0.290 e. The van der Waals surface area contributed by atoms with Crippen LogP contribution in [0.2, 0.25) is 5.02 Å². The van der Waals surface area contributed by atoms with Gasteiger partial charge in [0.15, 0.2) is 5.58 Å². The number of nitrogens with zero attached hydrogens (tertiary/aromatic N) is 1. The van der Waals surface area contributed by atoms with Gasteiger partial charge in [-0.15, -0.1) is 0 Å². The molecule has 2 rings (SSSR count). The standard InChI is InChI=1S/C10H10ClNO4/c11-6-1-2-9-8(3-6)10(15)12(16-9)4-7(14)5-13/h1-3,7,13-14H,4-5H2. The van der Waals surface area contributed by atoms with Crippen LogP contribution in [-0.2, 0) is 6.54 Å². The molecule has 1 aromatic carbocycles. The molecule has 2 aromatic rings. The minimum absolute atomic E-state index is 0.0817. The van der Waals surface area contributed by atoms with Crippen molar-refractivity contribution in [3.05, 3.63) is 33.6 Å². The lowest BCUT2D eigenvalue weighted by atomic mass is 10.3. The van der Waals surface area contributed by atoms with Gasteiger partial charge in [-0.3, -0.25) is 4.79 Å². The van der Waals surface area contributed by atoms with Crippen LogP contribution in [0.4, 0.5) is 0 Å². The molecule has 6 heteroatoms. The second-order valence-electron chi connectivity index (χ2n) is 3.43. The van der Waals surface area contributed by atoms with E-state index in [0.29, 0.717) is 16.0 Å². The molecule has 0 spiro atoms. The highest BCUT2D eigenvalue weighted by atomic mass is 35.5. The first-order valence-electron chi connectivity index (χ1n) is 4.70. The summed E-state index contributed by atoms with van der Waals surface area (Å²) in [5, 5.41) is 18.7. The minimum Gasteiger partial charge on any atom is -0.394 e. The second-order valence-corrected chi connectivity index (χ2v) is 3.87. The van der Waals surface area contributed by atoms with Crippen LogP contribution in [0.1, 0.15) is 0 Å². The van der Waals surface area contributed by atoms with Gasteiger partial charge in [0.1, 0.15) is 0 Å². The van der Waals surface area contributed by atoms with Crippen molar-refractivity contribution in [3.63, 3.8) is 0 Å². The van der Waals surface area contributed by atoms with E-state index in [1.54, 1.807) is 12.1 Å². The normalized spacial score (nSPS) is 13.2. The highest BCUT2D eigenvalue weighted by Crippen LogP contribution is 2.16. The van der Waals surface area contributed by atoms with Crippen molar-refractivity contribution in [3.8, 4) is 0 Å². The lowest BCUT2D eigenvalue weighted by molar-refractivity contribution is 0.0592. The van der Waals surface area contributed by atoms with E-state index in [2.05, 4.69) is 0 Å². The number of aromatic nitrogens is 1. The molecule has 1 heterocycles. The number of rotatable bonds is 3. The lowest BCUT2D eigenvalue weighted by Crippen LogP contribution is -2.25. The number of hydrogen-bond donors (Lipinski definition) is 2. The Morgan fingerprint density at radius 3 is 2.94 bits per heavy atom. The number of benzene rings is 1. The molecule has 1 atom stereocenters. The van der Waals surface area contributed by atoms with Crippen LogP contribution in [0.25, 0.3) is 11.0 Å². The summed E-state index contributed by atoms with van der Waals surface area (Å²) in [6, 6.07) is 4.70. The average molecular weight is 244 g/mol. The topological polar surface area (TPSA) is 75.6 Å². The first kappa shape index (κ1) is 11.2. The molecule has 0 saturated heterocycles. The molecule has 5 nitrogen and oxygen atoms in total. The number of hydrogen-bond acceptors (Lipinski definition) is 4. The van der Waals surface area contributed by atoms with Crippen molar-refractivity contribution in [2.75, 3.05) is 6.61 Å². The number of halogens is 1. The van der Waals surface area contributed by atoms with Gasteiger partial charge in [0.25, 0.3) is 5.56 Å². The highest BCUT2D eigenvalue weighted by molar-refractivity contribution is 6.31. The van der Waals surface area contributed by atoms with Gasteiger partial charge < -0.3 is 14.7 Å². The van der Waals surface area contributed by atoms with E-state index in [1.807, 2.05) is 0 Å². The lowest BCUT2D eigenvalue weighted by Gasteiger charge is -2.04. The predicted octanol–water partition coefficient (Wildman–Crippen LogP) is 0.601. The number of aliphatic hydroxyl groups is 2. The van der Waals surface area contributed by atoms with Gasteiger partial charge in [-0.05, 0) is 18.2 Å². The number of aliphatic hydroxyl groups excluding tert-OH is 2. The molecule has 0 radical (unpaired) electrons. The van der Waals surface area contributed by atoms with Crippen LogP contribution >= 0.6 is 11.6 Å². The Balaban J connectivity index is 2.48. The van der Waals surface area contributed by atoms with E-state index >= 15 is 0 Å². The molecule has 16 heavy (non-hydrogen) atoms. The van der Waals surface area contributed by atoms with Crippen molar-refractivity contribution in [1.82, 2.24) is 4.74 Å². The van der Waals surface area contributed by atoms with Crippen LogP contribution < -0.4 is 5.56 Å². The Hall–Kier alpha value is -1.30. The molecule has 1 unspecified atom stereocenters. The van der Waals surface area contributed by atoms with E-state index in [-0.39, 0.29) is 12.1 Å². The summed E-state index contributed by atoms with van der Waals surface area (Å²) in [5.41, 5.74) is 0.0320. The molecule has 0 bridgehead atoms. The summed E-state index contributed by atoms with van der Waals surface area (Å²) in [6.45, 7) is -0.508. The molecular weight excluding hydrogens is 234 g/mol. The van der Waals surface area contributed by atoms with Crippen LogP contribution in [-0.4, -0.2) is 27.7 Å². The van der Waals surface area contributed by atoms with Crippen molar-refractivity contribution in [1.29, 1.82) is 0 Å². The molecular formula is C10H10ClNO4. The third-order valence-corrected chi connectivity index (χ3v) is 2.43. The van der Waals surface area contributed by atoms with Gasteiger partial charge in [0, 0.05) is 5.02 Å². The first-order chi connectivity index (χ1) is 7.61. The summed E-state index contributed by atoms with van der Waals surface area (Å²) in [6.07, 6.45) is -1.02. The van der Waals surface area contributed by atoms with Gasteiger partial charge >= 0.3 is 0 Å². The average Bonchev–Trinajstić information content (AvgIpc) is 2.56. The van der Waals surface area contributed by atoms with E-state index in [1.165, 1.54) is 6.07 Å². The fraction of sp³-hybridized carbons (Fsp3) is 0.300. The Labute approximate surface area is 95.4 Å². The molecule has 1 aromatic heterocycles. The van der Waals surface area contributed by atoms with Crippen LogP contribution in [0.3, 0.4) is 0 Å². The zero-order valence-corrected chi connectivity index (χ0v) is 9.02. The Morgan fingerprint density at radius 2 is 2.25 bits per heavy atom. The predicted molar refractivity (Wildman–Crippen MR) is 58.6 cm³/mol. The quantitative estimate of drug-likeness (QED) is 0.828. The summed E-state index contributed by atoms with van der Waals surface area (Å²) < 4.78 is 6.20. The van der Waals surface area contributed by atoms with Gasteiger partial charge in [0.2, 0.25) is 0 Å². The summed E-state index contributed by atoms with van der Waals surface area (Å²) >= 11 is 5.75. The Kier molecular flexibility index (Phi) is 3.00. The van der Waals surface area contributed by atoms with Gasteiger partial charge in [-0.1, -0.05) is 11.6 Å². The van der Waals surface area contributed by atoms with Crippen molar-refractivity contribution in [2.24, 2.45) is 0 Å². The zero-order chi connectivity index (χ0) is 11.7. The maximum Gasteiger partial charge on any atom is 0.290 e. The van der Waals surface area contributed by atoms with E-state index < -0.39 is 12.7 Å². The minimum atomic E-state index is -1.02.